The Morgan fingerprint density at radius 1 is 1.12 bits per heavy atom. The topological polar surface area (TPSA) is 89.0 Å². The Morgan fingerprint density at radius 2 is 1.84 bits per heavy atom. The zero-order valence-electron chi connectivity index (χ0n) is 18.9. The van der Waals surface area contributed by atoms with Gasteiger partial charge in [-0.3, -0.25) is 9.59 Å². The van der Waals surface area contributed by atoms with E-state index in [1.807, 2.05) is 39.8 Å². The third-order valence-electron chi connectivity index (χ3n) is 4.44. The molecule has 0 spiro atoms. The monoisotopic (exact) mass is 503 g/mol. The molecule has 0 saturated heterocycles. The minimum absolute atomic E-state index is 0.119. The largest absolute Gasteiger partial charge is 0.490 e. The molecule has 0 bridgehead atoms. The van der Waals surface area contributed by atoms with Crippen LogP contribution in [0.2, 0.25) is 0 Å². The number of hydrazone groups is 1. The molecule has 0 aliphatic rings. The van der Waals surface area contributed by atoms with Crippen LogP contribution in [0.3, 0.4) is 0 Å². The summed E-state index contributed by atoms with van der Waals surface area (Å²) in [6.07, 6.45) is 2.40. The van der Waals surface area contributed by atoms with Crippen LogP contribution in [0.1, 0.15) is 50.0 Å². The number of halogens is 1. The first-order valence-electron chi connectivity index (χ1n) is 10.6. The van der Waals surface area contributed by atoms with Crippen LogP contribution in [0.15, 0.2) is 52.0 Å². The first-order valence-corrected chi connectivity index (χ1v) is 11.4. The van der Waals surface area contributed by atoms with Crippen molar-refractivity contribution in [2.45, 2.75) is 40.2 Å². The summed E-state index contributed by atoms with van der Waals surface area (Å²) in [6.45, 7) is 8.72. The molecule has 0 aromatic heterocycles. The van der Waals surface area contributed by atoms with Gasteiger partial charge in [-0.15, -0.1) is 0 Å². The molecule has 32 heavy (non-hydrogen) atoms. The maximum atomic E-state index is 12.7. The van der Waals surface area contributed by atoms with Crippen LogP contribution in [-0.2, 0) is 4.79 Å². The summed E-state index contributed by atoms with van der Waals surface area (Å²) in [6, 6.07) is 11.7. The fraction of sp³-hybridized carbons (Fsp3) is 0.375. The highest BCUT2D eigenvalue weighted by Gasteiger charge is 2.24. The Labute approximate surface area is 197 Å². The number of nitrogens with one attached hydrogen (secondary N) is 2. The van der Waals surface area contributed by atoms with Crippen LogP contribution in [0, 0.1) is 5.92 Å². The summed E-state index contributed by atoms with van der Waals surface area (Å²) in [5.41, 5.74) is 3.73. The zero-order valence-corrected chi connectivity index (χ0v) is 20.4. The van der Waals surface area contributed by atoms with Gasteiger partial charge in [0.25, 0.3) is 11.8 Å². The van der Waals surface area contributed by atoms with Gasteiger partial charge in [-0.2, -0.15) is 5.10 Å². The Morgan fingerprint density at radius 3 is 2.47 bits per heavy atom. The third-order valence-corrected chi connectivity index (χ3v) is 5.03. The minimum atomic E-state index is -0.726. The summed E-state index contributed by atoms with van der Waals surface area (Å²) < 4.78 is 12.2. The van der Waals surface area contributed by atoms with Crippen LogP contribution < -0.4 is 20.2 Å². The van der Waals surface area contributed by atoms with Crippen molar-refractivity contribution in [2.24, 2.45) is 11.0 Å². The molecule has 172 valence electrons. The fourth-order valence-electron chi connectivity index (χ4n) is 2.86. The molecule has 0 aliphatic heterocycles. The lowest BCUT2D eigenvalue weighted by atomic mass is 10.0. The maximum Gasteiger partial charge on any atom is 0.262 e. The van der Waals surface area contributed by atoms with Crippen molar-refractivity contribution < 1.29 is 19.1 Å². The summed E-state index contributed by atoms with van der Waals surface area (Å²) in [4.78, 5) is 25.1. The van der Waals surface area contributed by atoms with E-state index >= 15 is 0 Å². The summed E-state index contributed by atoms with van der Waals surface area (Å²) in [5, 5.41) is 6.84. The van der Waals surface area contributed by atoms with Crippen molar-refractivity contribution in [2.75, 3.05) is 13.2 Å². The quantitative estimate of drug-likeness (QED) is 0.348. The van der Waals surface area contributed by atoms with Gasteiger partial charge in [-0.1, -0.05) is 39.0 Å². The fourth-order valence-corrected chi connectivity index (χ4v) is 3.43. The third kappa shape index (κ3) is 7.37. The van der Waals surface area contributed by atoms with E-state index in [0.29, 0.717) is 30.3 Å². The molecule has 7 nitrogen and oxygen atoms in total. The predicted octanol–water partition coefficient (Wildman–Crippen LogP) is 4.54. The number of amides is 2. The van der Waals surface area contributed by atoms with Gasteiger partial charge in [0.05, 0.1) is 23.9 Å². The first-order chi connectivity index (χ1) is 15.4. The molecule has 0 aliphatic carbocycles. The second-order valence-electron chi connectivity index (χ2n) is 7.41. The molecule has 2 N–H and O–H groups in total. The second kappa shape index (κ2) is 12.9. The predicted molar refractivity (Wildman–Crippen MR) is 129 cm³/mol. The van der Waals surface area contributed by atoms with E-state index in [2.05, 4.69) is 31.8 Å². The van der Waals surface area contributed by atoms with Crippen molar-refractivity contribution in [3.63, 3.8) is 0 Å². The van der Waals surface area contributed by atoms with Crippen molar-refractivity contribution in [1.29, 1.82) is 0 Å². The average Bonchev–Trinajstić information content (AvgIpc) is 2.77. The number of hydrogen-bond acceptors (Lipinski definition) is 5. The van der Waals surface area contributed by atoms with Crippen LogP contribution >= 0.6 is 15.9 Å². The normalized spacial score (nSPS) is 11.9. The standard InChI is InChI=1S/C24H30BrN3O4/c1-5-12-32-22-19(25)13-17(14-20(22)31-6-2)15-26-28-24(30)21(16(3)4)27-23(29)18-10-8-7-9-11-18/h7-11,13-16,21H,5-6,12H2,1-4H3,(H,27,29)(H,28,30). The molecule has 0 saturated carbocycles. The molecule has 2 rings (SSSR count). The van der Waals surface area contributed by atoms with Crippen molar-refractivity contribution in [3.8, 4) is 11.5 Å². The van der Waals surface area contributed by atoms with Gasteiger partial charge in [0.1, 0.15) is 6.04 Å². The molecule has 8 heteroatoms. The van der Waals surface area contributed by atoms with Gasteiger partial charge in [0.2, 0.25) is 0 Å². The molecule has 2 aromatic rings. The van der Waals surface area contributed by atoms with Crippen molar-refractivity contribution in [1.82, 2.24) is 10.7 Å². The van der Waals surface area contributed by atoms with E-state index in [4.69, 9.17) is 9.47 Å². The number of benzene rings is 2. The lowest BCUT2D eigenvalue weighted by Crippen LogP contribution is -2.48. The van der Waals surface area contributed by atoms with E-state index in [9.17, 15) is 9.59 Å². The van der Waals surface area contributed by atoms with Gasteiger partial charge >= 0.3 is 0 Å². The molecule has 2 aromatic carbocycles. The Hall–Kier alpha value is -2.87. The SMILES string of the molecule is CCCOc1c(Br)cc(C=NNC(=O)C(NC(=O)c2ccccc2)C(C)C)cc1OCC. The Kier molecular flexibility index (Phi) is 10.2. The number of carbonyl (C=O) groups excluding carboxylic acids is 2. The van der Waals surface area contributed by atoms with E-state index in [0.717, 1.165) is 16.5 Å². The smallest absolute Gasteiger partial charge is 0.262 e. The summed E-state index contributed by atoms with van der Waals surface area (Å²) >= 11 is 3.51. The molecule has 0 radical (unpaired) electrons. The molecule has 1 unspecified atom stereocenters. The number of carbonyl (C=O) groups is 2. The van der Waals surface area contributed by atoms with Gasteiger partial charge < -0.3 is 14.8 Å². The van der Waals surface area contributed by atoms with Crippen LogP contribution in [0.5, 0.6) is 11.5 Å². The van der Waals surface area contributed by atoms with Crippen LogP contribution in [0.4, 0.5) is 0 Å². The maximum absolute atomic E-state index is 12.7. The van der Waals surface area contributed by atoms with Crippen molar-refractivity contribution >= 4 is 34.0 Å². The Balaban J connectivity index is 2.09. The van der Waals surface area contributed by atoms with Crippen molar-refractivity contribution in [3.05, 3.63) is 58.1 Å². The molecule has 0 fully saturated rings. The summed E-state index contributed by atoms with van der Waals surface area (Å²) in [5.74, 6) is 0.409. The lowest BCUT2D eigenvalue weighted by molar-refractivity contribution is -0.123. The Bertz CT molecular complexity index is 932. The van der Waals surface area contributed by atoms with E-state index in [-0.39, 0.29) is 11.8 Å². The van der Waals surface area contributed by atoms with Crippen LogP contribution in [-0.4, -0.2) is 37.3 Å². The summed E-state index contributed by atoms with van der Waals surface area (Å²) in [7, 11) is 0. The highest BCUT2D eigenvalue weighted by molar-refractivity contribution is 9.10. The van der Waals surface area contributed by atoms with Gasteiger partial charge in [0.15, 0.2) is 11.5 Å². The highest BCUT2D eigenvalue weighted by atomic mass is 79.9. The molecular weight excluding hydrogens is 474 g/mol. The van der Waals surface area contributed by atoms with Gasteiger partial charge in [-0.25, -0.2) is 5.43 Å². The first kappa shape index (κ1) is 25.4. The molecule has 2 amide bonds. The molecule has 1 atom stereocenters. The zero-order chi connectivity index (χ0) is 23.5. The number of hydrogen-bond donors (Lipinski definition) is 2. The van der Waals surface area contributed by atoms with Gasteiger partial charge in [-0.05, 0) is 65.0 Å². The average molecular weight is 504 g/mol. The number of nitrogens with zero attached hydrogens (tertiary/aromatic N) is 1. The van der Waals surface area contributed by atoms with E-state index < -0.39 is 11.9 Å². The minimum Gasteiger partial charge on any atom is -0.490 e. The molecular formula is C24H30BrN3O4. The number of rotatable bonds is 11. The van der Waals surface area contributed by atoms with Crippen LogP contribution in [0.25, 0.3) is 0 Å². The van der Waals surface area contributed by atoms with E-state index in [1.54, 1.807) is 30.3 Å². The highest BCUT2D eigenvalue weighted by Crippen LogP contribution is 2.36. The molecule has 0 heterocycles. The van der Waals surface area contributed by atoms with Gasteiger partial charge in [0, 0.05) is 5.56 Å². The second-order valence-corrected chi connectivity index (χ2v) is 8.26. The number of ether oxygens (including phenoxy) is 2. The lowest BCUT2D eigenvalue weighted by Gasteiger charge is -2.20. The van der Waals surface area contributed by atoms with E-state index in [1.165, 1.54) is 6.21 Å².